The van der Waals surface area contributed by atoms with Crippen molar-refractivity contribution in [1.29, 1.82) is 0 Å². The van der Waals surface area contributed by atoms with Crippen LogP contribution in [0.2, 0.25) is 0 Å². The third kappa shape index (κ3) is 2.29. The Hall–Kier alpha value is -1.50. The Morgan fingerprint density at radius 2 is 1.27 bits per heavy atom. The Balaban J connectivity index is 0.00000112. The average Bonchev–Trinajstić information content (AvgIpc) is 2.87. The second-order valence-electron chi connectivity index (χ2n) is 2.61. The second-order valence-corrected chi connectivity index (χ2v) is 2.61. The summed E-state index contributed by atoms with van der Waals surface area (Å²) in [4.78, 5) is 22.8. The number of hydrogen-bond donors (Lipinski definition) is 0. The number of carbonyl (C=O) groups excluding carboxylic acids is 2. The van der Waals surface area contributed by atoms with Crippen molar-refractivity contribution in [2.75, 3.05) is 0 Å². The Morgan fingerprint density at radius 3 is 1.53 bits per heavy atom. The number of ketones is 2. The van der Waals surface area contributed by atoms with Crippen molar-refractivity contribution in [2.24, 2.45) is 0 Å². The van der Waals surface area contributed by atoms with Crippen LogP contribution in [0.5, 0.6) is 0 Å². The molecule has 2 aromatic heterocycles. The summed E-state index contributed by atoms with van der Waals surface area (Å²) in [5, 5.41) is 0. The van der Waals surface area contributed by atoms with E-state index in [9.17, 15) is 9.59 Å². The molecule has 0 bridgehead atoms. The molecule has 0 saturated carbocycles. The molecular weight excluding hydrogens is 191 g/mol. The molecule has 2 rings (SSSR count). The summed E-state index contributed by atoms with van der Waals surface area (Å²) in [6, 6.07) is 5.96. The standard InChI is InChI=1S/C10H6O4.Li.H/c11-9(7-3-1-5-13-7)10(12)8-4-2-6-14-8;;/h1-6H;;. The zero-order valence-electron chi connectivity index (χ0n) is 7.10. The van der Waals surface area contributed by atoms with Gasteiger partial charge in [-0.3, -0.25) is 9.59 Å². The van der Waals surface area contributed by atoms with Crippen molar-refractivity contribution in [3.8, 4) is 0 Å². The van der Waals surface area contributed by atoms with Gasteiger partial charge in [0.05, 0.1) is 12.5 Å². The van der Waals surface area contributed by atoms with E-state index < -0.39 is 11.6 Å². The van der Waals surface area contributed by atoms with Crippen molar-refractivity contribution in [3.63, 3.8) is 0 Å². The molecule has 5 heteroatoms. The number of carbonyl (C=O) groups is 2. The van der Waals surface area contributed by atoms with Crippen LogP contribution in [0, 0.1) is 0 Å². The van der Waals surface area contributed by atoms with Crippen molar-refractivity contribution in [1.82, 2.24) is 0 Å². The molecule has 0 atom stereocenters. The summed E-state index contributed by atoms with van der Waals surface area (Å²) in [6.07, 6.45) is 2.67. The molecule has 0 unspecified atom stereocenters. The molecule has 0 aromatic carbocycles. The summed E-state index contributed by atoms with van der Waals surface area (Å²) in [5.41, 5.74) is 0. The molecule has 0 radical (unpaired) electrons. The molecule has 2 aromatic rings. The third-order valence-corrected chi connectivity index (χ3v) is 1.70. The van der Waals surface area contributed by atoms with Gasteiger partial charge in [0, 0.05) is 0 Å². The van der Waals surface area contributed by atoms with E-state index in [4.69, 9.17) is 8.83 Å². The van der Waals surface area contributed by atoms with Crippen LogP contribution in [0.3, 0.4) is 0 Å². The second kappa shape index (κ2) is 4.83. The quantitative estimate of drug-likeness (QED) is 0.423. The molecule has 0 aliphatic heterocycles. The number of rotatable bonds is 3. The van der Waals surface area contributed by atoms with Gasteiger partial charge >= 0.3 is 18.9 Å². The van der Waals surface area contributed by atoms with E-state index in [2.05, 4.69) is 0 Å². The molecule has 0 N–H and O–H groups in total. The molecule has 72 valence electrons. The van der Waals surface area contributed by atoms with Crippen LogP contribution in [0.25, 0.3) is 0 Å². The molecule has 2 heterocycles. The van der Waals surface area contributed by atoms with Gasteiger partial charge in [-0.2, -0.15) is 0 Å². The summed E-state index contributed by atoms with van der Waals surface area (Å²) >= 11 is 0. The van der Waals surface area contributed by atoms with E-state index in [1.54, 1.807) is 12.1 Å². The number of furan rings is 2. The molecular formula is C10H7LiO4. The summed E-state index contributed by atoms with van der Waals surface area (Å²) < 4.78 is 9.60. The topological polar surface area (TPSA) is 60.4 Å². The van der Waals surface area contributed by atoms with E-state index >= 15 is 0 Å². The van der Waals surface area contributed by atoms with Crippen molar-refractivity contribution >= 4 is 30.4 Å². The Morgan fingerprint density at radius 1 is 0.867 bits per heavy atom. The molecule has 15 heavy (non-hydrogen) atoms. The van der Waals surface area contributed by atoms with Crippen LogP contribution >= 0.6 is 0 Å². The van der Waals surface area contributed by atoms with Gasteiger partial charge in [-0.15, -0.1) is 0 Å². The zero-order valence-corrected chi connectivity index (χ0v) is 7.10. The summed E-state index contributed by atoms with van der Waals surface area (Å²) in [6.45, 7) is 0. The SMILES string of the molecule is O=C(C(=O)c1ccco1)c1ccco1.[LiH]. The first kappa shape index (κ1) is 11.6. The predicted molar refractivity (Wildman–Crippen MR) is 53.2 cm³/mol. The van der Waals surface area contributed by atoms with E-state index in [-0.39, 0.29) is 30.4 Å². The van der Waals surface area contributed by atoms with Gasteiger partial charge in [0.2, 0.25) is 0 Å². The first-order chi connectivity index (χ1) is 6.79. The van der Waals surface area contributed by atoms with Gasteiger partial charge in [-0.1, -0.05) is 0 Å². The third-order valence-electron chi connectivity index (χ3n) is 1.70. The number of hydrogen-bond acceptors (Lipinski definition) is 4. The fourth-order valence-corrected chi connectivity index (χ4v) is 1.04. The number of Topliss-reactive ketones (excluding diaryl/α,β-unsaturated/α-hetero) is 2. The van der Waals surface area contributed by atoms with Crippen molar-refractivity contribution in [2.45, 2.75) is 0 Å². The monoisotopic (exact) mass is 198 g/mol. The van der Waals surface area contributed by atoms with Crippen LogP contribution in [-0.4, -0.2) is 30.4 Å². The van der Waals surface area contributed by atoms with Gasteiger partial charge in [0.25, 0.3) is 11.6 Å². The van der Waals surface area contributed by atoms with Crippen LogP contribution in [0.4, 0.5) is 0 Å². The van der Waals surface area contributed by atoms with E-state index in [0.29, 0.717) is 0 Å². The maximum absolute atomic E-state index is 11.4. The fourth-order valence-electron chi connectivity index (χ4n) is 1.04. The van der Waals surface area contributed by atoms with Crippen LogP contribution in [0.15, 0.2) is 45.6 Å². The van der Waals surface area contributed by atoms with Gasteiger partial charge in [0.15, 0.2) is 11.5 Å². The Labute approximate surface area is 97.4 Å². The van der Waals surface area contributed by atoms with E-state index in [1.807, 2.05) is 0 Å². The maximum atomic E-state index is 11.4. The van der Waals surface area contributed by atoms with Crippen LogP contribution in [-0.2, 0) is 0 Å². The molecule has 0 spiro atoms. The van der Waals surface area contributed by atoms with Gasteiger partial charge in [0.1, 0.15) is 0 Å². The Bertz CT molecular complexity index is 397. The van der Waals surface area contributed by atoms with Crippen molar-refractivity contribution in [3.05, 3.63) is 48.3 Å². The minimum absolute atomic E-state index is 0. The van der Waals surface area contributed by atoms with E-state index in [1.165, 1.54) is 24.7 Å². The molecule has 0 aliphatic carbocycles. The molecule has 0 fully saturated rings. The Kier molecular flexibility index (Phi) is 3.72. The fraction of sp³-hybridized carbons (Fsp3) is 0. The zero-order chi connectivity index (χ0) is 9.97. The normalized spacial score (nSPS) is 9.33. The van der Waals surface area contributed by atoms with Crippen LogP contribution in [0.1, 0.15) is 21.1 Å². The average molecular weight is 198 g/mol. The summed E-state index contributed by atoms with van der Waals surface area (Å²) in [7, 11) is 0. The molecule has 0 saturated heterocycles. The molecule has 0 amide bonds. The van der Waals surface area contributed by atoms with Crippen molar-refractivity contribution < 1.29 is 18.4 Å². The van der Waals surface area contributed by atoms with E-state index in [0.717, 1.165) is 0 Å². The first-order valence-corrected chi connectivity index (χ1v) is 3.95. The molecule has 0 aliphatic rings. The van der Waals surface area contributed by atoms with Gasteiger partial charge in [-0.25, -0.2) is 0 Å². The van der Waals surface area contributed by atoms with Gasteiger partial charge < -0.3 is 8.83 Å². The predicted octanol–water partition coefficient (Wildman–Crippen LogP) is 1.29. The summed E-state index contributed by atoms with van der Waals surface area (Å²) in [5.74, 6) is -1.37. The van der Waals surface area contributed by atoms with Gasteiger partial charge in [-0.05, 0) is 24.3 Å². The van der Waals surface area contributed by atoms with Crippen LogP contribution < -0.4 is 0 Å². The molecule has 4 nitrogen and oxygen atoms in total. The minimum atomic E-state index is -0.704. The first-order valence-electron chi connectivity index (χ1n) is 3.95.